The molecule has 0 amide bonds. The summed E-state index contributed by atoms with van der Waals surface area (Å²) < 4.78 is 0. The fraction of sp³-hybridized carbons (Fsp3) is 0.0714. The lowest BCUT2D eigenvalue weighted by Crippen LogP contribution is -2.49. The first-order valence-electron chi connectivity index (χ1n) is 20.7. The molecule has 274 valence electrons. The molecule has 2 heteroatoms. The highest BCUT2D eigenvalue weighted by molar-refractivity contribution is 7.05. The number of rotatable bonds is 3. The predicted molar refractivity (Wildman–Crippen MR) is 257 cm³/mol. The maximum atomic E-state index is 2.65. The van der Waals surface area contributed by atoms with Crippen LogP contribution in [0.3, 0.4) is 0 Å². The van der Waals surface area contributed by atoms with Gasteiger partial charge in [0, 0.05) is 0 Å². The molecule has 0 radical (unpaired) electrons. The highest BCUT2D eigenvalue weighted by atomic mass is 28.3. The second-order valence-electron chi connectivity index (χ2n) is 17.6. The van der Waals surface area contributed by atoms with Crippen molar-refractivity contribution in [2.24, 2.45) is 0 Å². The van der Waals surface area contributed by atoms with E-state index in [1.165, 1.54) is 98.7 Å². The van der Waals surface area contributed by atoms with Crippen LogP contribution < -0.4 is 20.7 Å². The lowest BCUT2D eigenvalue weighted by molar-refractivity contribution is 1.64. The van der Waals surface area contributed by atoms with Crippen LogP contribution in [-0.4, -0.2) is 16.1 Å². The number of fused-ring (bicyclic) bond motifs is 12. The molecule has 0 N–H and O–H groups in total. The zero-order valence-corrected chi connectivity index (χ0v) is 35.3. The van der Waals surface area contributed by atoms with Crippen molar-refractivity contribution >= 4 is 80.0 Å². The quantitative estimate of drug-likeness (QED) is 0.124. The van der Waals surface area contributed by atoms with Crippen LogP contribution in [0.15, 0.2) is 182 Å². The topological polar surface area (TPSA) is 0 Å². The molecule has 0 aliphatic carbocycles. The van der Waals surface area contributed by atoms with Gasteiger partial charge in [-0.1, -0.05) is 196 Å². The van der Waals surface area contributed by atoms with Gasteiger partial charge in [0.05, 0.1) is 0 Å². The van der Waals surface area contributed by atoms with Crippen molar-refractivity contribution in [2.75, 3.05) is 0 Å². The van der Waals surface area contributed by atoms with Crippen molar-refractivity contribution in [2.45, 2.75) is 26.2 Å². The molecular formula is C56H42Si2. The molecule has 58 heavy (non-hydrogen) atoms. The summed E-state index contributed by atoms with van der Waals surface area (Å²) in [5, 5.41) is 16.8. The van der Waals surface area contributed by atoms with Crippen LogP contribution in [0.25, 0.3) is 98.7 Å². The van der Waals surface area contributed by atoms with Crippen LogP contribution in [0.2, 0.25) is 26.2 Å². The normalized spacial score (nSPS) is 14.5. The van der Waals surface area contributed by atoms with E-state index in [2.05, 4.69) is 208 Å². The third kappa shape index (κ3) is 4.56. The third-order valence-electron chi connectivity index (χ3n) is 13.8. The minimum Gasteiger partial charge on any atom is -0.0623 e. The number of hydrogen-bond acceptors (Lipinski definition) is 0. The van der Waals surface area contributed by atoms with Gasteiger partial charge >= 0.3 is 0 Å². The highest BCUT2D eigenvalue weighted by Crippen LogP contribution is 2.50. The fourth-order valence-corrected chi connectivity index (χ4v) is 17.2. The van der Waals surface area contributed by atoms with E-state index in [1.807, 2.05) is 0 Å². The van der Waals surface area contributed by atoms with Gasteiger partial charge in [-0.25, -0.2) is 0 Å². The summed E-state index contributed by atoms with van der Waals surface area (Å²) in [7, 11) is -4.02. The van der Waals surface area contributed by atoms with Gasteiger partial charge in [0.15, 0.2) is 0 Å². The summed E-state index contributed by atoms with van der Waals surface area (Å²) in [6.45, 7) is 10.3. The average Bonchev–Trinajstić information content (AvgIpc) is 3.64. The minimum atomic E-state index is -2.09. The number of hydrogen-bond donors (Lipinski definition) is 0. The van der Waals surface area contributed by atoms with E-state index in [0.717, 1.165) is 0 Å². The largest absolute Gasteiger partial charge is 0.113 e. The summed E-state index contributed by atoms with van der Waals surface area (Å²) in [6, 6.07) is 69.5. The van der Waals surface area contributed by atoms with E-state index < -0.39 is 16.1 Å². The molecule has 0 aromatic heterocycles. The first-order valence-corrected chi connectivity index (χ1v) is 26.7. The van der Waals surface area contributed by atoms with Crippen LogP contribution in [0, 0.1) is 0 Å². The van der Waals surface area contributed by atoms with Crippen molar-refractivity contribution in [1.82, 2.24) is 0 Å². The van der Waals surface area contributed by atoms with Gasteiger partial charge in [-0.15, -0.1) is 0 Å². The van der Waals surface area contributed by atoms with Gasteiger partial charge in [0.25, 0.3) is 0 Å². The predicted octanol–water partition coefficient (Wildman–Crippen LogP) is 12.9. The van der Waals surface area contributed by atoms with Crippen LogP contribution in [0.5, 0.6) is 0 Å². The van der Waals surface area contributed by atoms with E-state index in [9.17, 15) is 0 Å². The minimum absolute atomic E-state index is 1.23. The number of benzene rings is 10. The molecule has 0 saturated heterocycles. The molecule has 2 aliphatic heterocycles. The molecular weight excluding hydrogens is 729 g/mol. The lowest BCUT2D eigenvalue weighted by Gasteiger charge is -2.25. The molecule has 0 saturated carbocycles. The SMILES string of the molecule is C[Si]1(C)c2ccccc2-c2c1ccc1c(-c3c4ccccc4c(-c4ccc5ccccc5c4)c4cc(-c5ccccc5)ccc34)cc3c(c21)-c1ccccc1[Si]3(C)C. The van der Waals surface area contributed by atoms with Crippen molar-refractivity contribution < 1.29 is 0 Å². The van der Waals surface area contributed by atoms with E-state index >= 15 is 0 Å². The van der Waals surface area contributed by atoms with Gasteiger partial charge in [0.1, 0.15) is 16.1 Å². The zero-order chi connectivity index (χ0) is 38.9. The molecule has 10 aromatic rings. The van der Waals surface area contributed by atoms with Crippen LogP contribution in [0.4, 0.5) is 0 Å². The van der Waals surface area contributed by atoms with Crippen LogP contribution in [-0.2, 0) is 0 Å². The smallest absolute Gasteiger partial charge is 0.0623 e. The van der Waals surface area contributed by atoms with Crippen molar-refractivity contribution in [1.29, 1.82) is 0 Å². The molecule has 0 spiro atoms. The molecule has 0 bridgehead atoms. The third-order valence-corrected chi connectivity index (χ3v) is 20.9. The molecule has 0 atom stereocenters. The van der Waals surface area contributed by atoms with Gasteiger partial charge in [-0.3, -0.25) is 0 Å². The Morgan fingerprint density at radius 1 is 0.276 bits per heavy atom. The molecule has 2 heterocycles. The maximum absolute atomic E-state index is 2.65. The first kappa shape index (κ1) is 33.8. The Balaban J connectivity index is 1.27. The second-order valence-corrected chi connectivity index (χ2v) is 26.2. The van der Waals surface area contributed by atoms with Gasteiger partial charge in [-0.05, 0) is 132 Å². The van der Waals surface area contributed by atoms with E-state index in [1.54, 1.807) is 20.7 Å². The monoisotopic (exact) mass is 770 g/mol. The van der Waals surface area contributed by atoms with Gasteiger partial charge < -0.3 is 0 Å². The van der Waals surface area contributed by atoms with Gasteiger partial charge in [-0.2, -0.15) is 0 Å². The van der Waals surface area contributed by atoms with E-state index in [0.29, 0.717) is 0 Å². The Labute approximate surface area is 342 Å². The summed E-state index contributed by atoms with van der Waals surface area (Å²) in [6.07, 6.45) is 0. The molecule has 12 rings (SSSR count). The standard InChI is InChI=1S/C56H42Si2/c1-57(2)48-24-14-12-22-44(48)54-50(57)31-30-43-47(34-51-55(56(43)54)45-23-13-15-25-49(45)58(51,3)4)53-41-21-11-10-20-40(41)52(39-27-26-36-18-8-9-19-37(36)32-39)46-33-38(28-29-42(46)53)35-16-6-5-7-17-35/h5-34H,1-4H3. The fourth-order valence-electron chi connectivity index (χ4n) is 11.0. The van der Waals surface area contributed by atoms with Crippen molar-refractivity contribution in [3.63, 3.8) is 0 Å². The Kier molecular flexibility index (Phi) is 7.04. The Hall–Kier alpha value is -6.33. The molecule has 0 unspecified atom stereocenters. The molecule has 2 aliphatic rings. The van der Waals surface area contributed by atoms with Crippen molar-refractivity contribution in [3.05, 3.63) is 182 Å². The first-order chi connectivity index (χ1) is 28.3. The van der Waals surface area contributed by atoms with E-state index in [-0.39, 0.29) is 0 Å². The highest BCUT2D eigenvalue weighted by Gasteiger charge is 2.43. The molecule has 0 nitrogen and oxygen atoms in total. The zero-order valence-electron chi connectivity index (χ0n) is 33.3. The molecule has 0 fully saturated rings. The summed E-state index contributed by atoms with van der Waals surface area (Å²) in [5.41, 5.74) is 13.6. The summed E-state index contributed by atoms with van der Waals surface area (Å²) >= 11 is 0. The Morgan fingerprint density at radius 3 is 1.57 bits per heavy atom. The lowest BCUT2D eigenvalue weighted by atomic mass is 9.82. The second kappa shape index (κ2) is 12.1. The summed E-state index contributed by atoms with van der Waals surface area (Å²) in [5.74, 6) is 0. The Morgan fingerprint density at radius 2 is 0.828 bits per heavy atom. The van der Waals surface area contributed by atoms with Gasteiger partial charge in [0.2, 0.25) is 0 Å². The molecule has 10 aromatic carbocycles. The average molecular weight is 771 g/mol. The Bertz CT molecular complexity index is 3370. The summed E-state index contributed by atoms with van der Waals surface area (Å²) in [4.78, 5) is 0. The van der Waals surface area contributed by atoms with E-state index in [4.69, 9.17) is 0 Å². The van der Waals surface area contributed by atoms with Crippen LogP contribution in [0.1, 0.15) is 0 Å². The van der Waals surface area contributed by atoms with Crippen LogP contribution >= 0.6 is 0 Å². The van der Waals surface area contributed by atoms with Crippen molar-refractivity contribution in [3.8, 4) is 55.6 Å². The maximum Gasteiger partial charge on any atom is 0.113 e.